The molecule has 0 N–H and O–H groups in total. The number of carbonyl (C=O) groups is 1. The lowest BCUT2D eigenvalue weighted by Gasteiger charge is -2.10. The van der Waals surface area contributed by atoms with Crippen LogP contribution in [0.15, 0.2) is 32.9 Å². The van der Waals surface area contributed by atoms with Crippen LogP contribution in [-0.4, -0.2) is 24.2 Å². The zero-order valence-corrected chi connectivity index (χ0v) is 10.5. The Balaban J connectivity index is 2.86. The summed E-state index contributed by atoms with van der Waals surface area (Å²) in [6, 6.07) is 5.50. The van der Waals surface area contributed by atoms with Gasteiger partial charge in [0.05, 0.1) is 0 Å². The van der Waals surface area contributed by atoms with Crippen LogP contribution in [0.4, 0.5) is 4.79 Å². The summed E-state index contributed by atoms with van der Waals surface area (Å²) in [5, 5.41) is -0.0146. The molecule has 0 aliphatic rings. The van der Waals surface area contributed by atoms with Gasteiger partial charge in [0.1, 0.15) is 0 Å². The van der Waals surface area contributed by atoms with Gasteiger partial charge in [-0.05, 0) is 30.0 Å². The van der Waals surface area contributed by atoms with Crippen molar-refractivity contribution in [2.75, 3.05) is 14.1 Å². The molecule has 0 heterocycles. The Hall–Kier alpha value is -0.260. The third kappa shape index (κ3) is 3.15. The van der Waals surface area contributed by atoms with Crippen molar-refractivity contribution >= 4 is 42.3 Å². The lowest BCUT2D eigenvalue weighted by atomic mass is 10.4. The molecule has 76 valence electrons. The van der Waals surface area contributed by atoms with Crippen LogP contribution in [0.2, 0.25) is 0 Å². The van der Waals surface area contributed by atoms with Gasteiger partial charge in [-0.25, -0.2) is 0 Å². The molecule has 2 nitrogen and oxygen atoms in total. The molecule has 0 aliphatic carbocycles. The largest absolute Gasteiger partial charge is 0.339 e. The molecule has 0 saturated heterocycles. The van der Waals surface area contributed by atoms with Crippen LogP contribution >= 0.6 is 37.0 Å². The van der Waals surface area contributed by atoms with Crippen LogP contribution < -0.4 is 0 Å². The summed E-state index contributed by atoms with van der Waals surface area (Å²) in [6.45, 7) is 0. The van der Waals surface area contributed by atoms with Crippen LogP contribution in [0.1, 0.15) is 0 Å². The third-order valence-corrected chi connectivity index (χ3v) is 3.42. The molecule has 0 spiro atoms. The van der Waals surface area contributed by atoms with Crippen LogP contribution in [0, 0.1) is 0 Å². The lowest BCUT2D eigenvalue weighted by molar-refractivity contribution is 0.241. The molecule has 14 heavy (non-hydrogen) atoms. The van der Waals surface area contributed by atoms with Crippen molar-refractivity contribution in [3.63, 3.8) is 0 Å². The zero-order valence-electron chi connectivity index (χ0n) is 7.89. The second kappa shape index (κ2) is 5.00. The van der Waals surface area contributed by atoms with Crippen LogP contribution in [0.3, 0.4) is 0 Å². The van der Waals surface area contributed by atoms with Gasteiger partial charge in [0.15, 0.2) is 0 Å². The summed E-state index contributed by atoms with van der Waals surface area (Å²) in [7, 11) is 3.44. The van der Waals surface area contributed by atoms with Crippen molar-refractivity contribution in [2.24, 2.45) is 0 Å². The smallest absolute Gasteiger partial charge is 0.285 e. The van der Waals surface area contributed by atoms with E-state index in [1.54, 1.807) is 14.1 Å². The summed E-state index contributed by atoms with van der Waals surface area (Å²) in [5.41, 5.74) is 0. The molecule has 1 amide bonds. The Kier molecular flexibility index (Phi) is 4.22. The quantitative estimate of drug-likeness (QED) is 0.586. The second-order valence-corrected chi connectivity index (χ2v) is 4.91. The molecule has 0 atom stereocenters. The van der Waals surface area contributed by atoms with Gasteiger partial charge in [0, 0.05) is 28.8 Å². The Labute approximate surface area is 98.9 Å². The summed E-state index contributed by atoms with van der Waals surface area (Å²) in [5.74, 6) is 0. The van der Waals surface area contributed by atoms with Crippen molar-refractivity contribution in [2.45, 2.75) is 14.7 Å². The number of thioether (sulfide) groups is 1. The minimum atomic E-state index is -0.0146. The number of nitrogens with zero attached hydrogens (tertiary/aromatic N) is 1. The van der Waals surface area contributed by atoms with Gasteiger partial charge in [-0.1, -0.05) is 0 Å². The van der Waals surface area contributed by atoms with Gasteiger partial charge in [-0.2, -0.15) is 0 Å². The minimum Gasteiger partial charge on any atom is -0.339 e. The maximum atomic E-state index is 11.4. The summed E-state index contributed by atoms with van der Waals surface area (Å²) in [4.78, 5) is 15.4. The van der Waals surface area contributed by atoms with Gasteiger partial charge in [0.25, 0.3) is 5.24 Å². The molecule has 1 aromatic rings. The van der Waals surface area contributed by atoms with Gasteiger partial charge in [-0.15, -0.1) is 25.3 Å². The fourth-order valence-corrected chi connectivity index (χ4v) is 2.07. The number of thiol groups is 2. The summed E-state index contributed by atoms with van der Waals surface area (Å²) >= 11 is 9.62. The fraction of sp³-hybridized carbons (Fsp3) is 0.222. The van der Waals surface area contributed by atoms with Gasteiger partial charge in [-0.3, -0.25) is 4.79 Å². The maximum absolute atomic E-state index is 11.4. The number of carbonyl (C=O) groups excluding carboxylic acids is 1. The molecular formula is C9H11NOS3. The van der Waals surface area contributed by atoms with Crippen LogP contribution in [0.5, 0.6) is 0 Å². The number of hydrogen-bond acceptors (Lipinski definition) is 4. The van der Waals surface area contributed by atoms with Crippen molar-refractivity contribution in [3.05, 3.63) is 18.2 Å². The van der Waals surface area contributed by atoms with E-state index in [9.17, 15) is 4.79 Å². The monoisotopic (exact) mass is 245 g/mol. The van der Waals surface area contributed by atoms with Crippen LogP contribution in [-0.2, 0) is 0 Å². The van der Waals surface area contributed by atoms with Crippen molar-refractivity contribution in [3.8, 4) is 0 Å². The fourth-order valence-electron chi connectivity index (χ4n) is 0.770. The van der Waals surface area contributed by atoms with Gasteiger partial charge in [0.2, 0.25) is 0 Å². The molecule has 0 bridgehead atoms. The molecule has 0 unspecified atom stereocenters. The predicted octanol–water partition coefficient (Wildman–Crippen LogP) is 3.04. The molecule has 0 saturated carbocycles. The van der Waals surface area contributed by atoms with E-state index in [0.717, 1.165) is 26.4 Å². The van der Waals surface area contributed by atoms with E-state index in [1.807, 2.05) is 18.2 Å². The SMILES string of the molecule is CN(C)C(=O)Sc1cc(S)ccc1S. The second-order valence-electron chi connectivity index (χ2n) is 2.91. The highest BCUT2D eigenvalue weighted by Crippen LogP contribution is 2.29. The Morgan fingerprint density at radius 3 is 2.57 bits per heavy atom. The van der Waals surface area contributed by atoms with Gasteiger partial charge < -0.3 is 4.90 Å². The Bertz CT molecular complexity index is 352. The lowest BCUT2D eigenvalue weighted by Crippen LogP contribution is -2.16. The summed E-state index contributed by atoms with van der Waals surface area (Å²) < 4.78 is 0. The van der Waals surface area contributed by atoms with Crippen molar-refractivity contribution in [1.82, 2.24) is 4.90 Å². The van der Waals surface area contributed by atoms with Crippen molar-refractivity contribution < 1.29 is 4.79 Å². The van der Waals surface area contributed by atoms with E-state index in [0.29, 0.717) is 0 Å². The minimum absolute atomic E-state index is 0.0146. The van der Waals surface area contributed by atoms with E-state index >= 15 is 0 Å². The maximum Gasteiger partial charge on any atom is 0.285 e. The first kappa shape index (κ1) is 11.8. The molecule has 0 fully saturated rings. The van der Waals surface area contributed by atoms with E-state index in [4.69, 9.17) is 0 Å². The Morgan fingerprint density at radius 2 is 2.00 bits per heavy atom. The number of rotatable bonds is 1. The first-order valence-electron chi connectivity index (χ1n) is 3.92. The molecule has 1 aromatic carbocycles. The molecule has 0 aromatic heterocycles. The average molecular weight is 245 g/mol. The van der Waals surface area contributed by atoms with E-state index in [2.05, 4.69) is 25.3 Å². The van der Waals surface area contributed by atoms with Crippen LogP contribution in [0.25, 0.3) is 0 Å². The summed E-state index contributed by atoms with van der Waals surface area (Å²) in [6.07, 6.45) is 0. The first-order chi connectivity index (χ1) is 6.50. The van der Waals surface area contributed by atoms with E-state index in [-0.39, 0.29) is 5.24 Å². The number of amides is 1. The molecule has 1 rings (SSSR count). The van der Waals surface area contributed by atoms with Gasteiger partial charge >= 0.3 is 0 Å². The van der Waals surface area contributed by atoms with E-state index < -0.39 is 0 Å². The van der Waals surface area contributed by atoms with E-state index in [1.165, 1.54) is 4.90 Å². The first-order valence-corrected chi connectivity index (χ1v) is 5.63. The highest BCUT2D eigenvalue weighted by molar-refractivity contribution is 8.13. The average Bonchev–Trinajstić information content (AvgIpc) is 2.11. The normalized spacial score (nSPS) is 10.0. The zero-order chi connectivity index (χ0) is 10.7. The Morgan fingerprint density at radius 1 is 1.36 bits per heavy atom. The molecule has 0 aliphatic heterocycles. The molecular weight excluding hydrogens is 234 g/mol. The topological polar surface area (TPSA) is 20.3 Å². The standard InChI is InChI=1S/C9H11NOS3/c1-10(2)9(11)14-8-5-6(12)3-4-7(8)13/h3-5,12-13H,1-2H3. The third-order valence-electron chi connectivity index (χ3n) is 1.51. The molecule has 0 radical (unpaired) electrons. The highest BCUT2D eigenvalue weighted by atomic mass is 32.2. The molecule has 5 heteroatoms. The van der Waals surface area contributed by atoms with Crippen molar-refractivity contribution in [1.29, 1.82) is 0 Å². The number of benzene rings is 1. The highest BCUT2D eigenvalue weighted by Gasteiger charge is 2.09. The number of hydrogen-bond donors (Lipinski definition) is 2. The predicted molar refractivity (Wildman–Crippen MR) is 65.9 cm³/mol.